The van der Waals surface area contributed by atoms with Gasteiger partial charge in [0.25, 0.3) is 5.91 Å². The SMILES string of the molecule is Cc1cc(C)c(NC(=O)c2ccc(C)c(S(=O)(=O)N(C)C)c2)c(Cl)c1. The Kier molecular flexibility index (Phi) is 5.56. The second kappa shape index (κ2) is 7.15. The molecular weight excluding hydrogens is 360 g/mol. The number of rotatable bonds is 4. The molecule has 1 N–H and O–H groups in total. The number of hydrogen-bond donors (Lipinski definition) is 1. The maximum absolute atomic E-state index is 12.6. The first-order valence-electron chi connectivity index (χ1n) is 7.65. The van der Waals surface area contributed by atoms with Gasteiger partial charge in [-0.3, -0.25) is 4.79 Å². The van der Waals surface area contributed by atoms with Crippen LogP contribution in [0.25, 0.3) is 0 Å². The Labute approximate surface area is 153 Å². The molecule has 0 heterocycles. The molecule has 25 heavy (non-hydrogen) atoms. The van der Waals surface area contributed by atoms with E-state index in [1.807, 2.05) is 19.9 Å². The maximum atomic E-state index is 12.6. The summed E-state index contributed by atoms with van der Waals surface area (Å²) in [4.78, 5) is 12.7. The van der Waals surface area contributed by atoms with Crippen molar-refractivity contribution in [3.63, 3.8) is 0 Å². The third kappa shape index (κ3) is 4.03. The van der Waals surface area contributed by atoms with Gasteiger partial charge in [-0.1, -0.05) is 23.7 Å². The summed E-state index contributed by atoms with van der Waals surface area (Å²) in [5.74, 6) is -0.413. The van der Waals surface area contributed by atoms with Crippen LogP contribution in [-0.2, 0) is 10.0 Å². The molecule has 5 nitrogen and oxygen atoms in total. The van der Waals surface area contributed by atoms with E-state index in [1.165, 1.54) is 20.2 Å². The van der Waals surface area contributed by atoms with Crippen LogP contribution in [0.2, 0.25) is 5.02 Å². The third-order valence-corrected chi connectivity index (χ3v) is 6.13. The predicted molar refractivity (Wildman–Crippen MR) is 101 cm³/mol. The average molecular weight is 381 g/mol. The zero-order chi connectivity index (χ0) is 18.9. The zero-order valence-corrected chi connectivity index (χ0v) is 16.4. The Balaban J connectivity index is 2.42. The molecule has 134 valence electrons. The largest absolute Gasteiger partial charge is 0.320 e. The molecule has 0 aliphatic heterocycles. The fourth-order valence-corrected chi connectivity index (χ4v) is 3.99. The first-order valence-corrected chi connectivity index (χ1v) is 9.47. The van der Waals surface area contributed by atoms with Gasteiger partial charge >= 0.3 is 0 Å². The summed E-state index contributed by atoms with van der Waals surface area (Å²) in [6, 6.07) is 8.28. The molecule has 0 saturated carbocycles. The van der Waals surface area contributed by atoms with Crippen molar-refractivity contribution in [3.8, 4) is 0 Å². The number of nitrogens with one attached hydrogen (secondary N) is 1. The minimum atomic E-state index is -3.63. The summed E-state index contributed by atoms with van der Waals surface area (Å²) < 4.78 is 25.9. The van der Waals surface area contributed by atoms with E-state index in [4.69, 9.17) is 11.6 Å². The summed E-state index contributed by atoms with van der Waals surface area (Å²) >= 11 is 6.22. The van der Waals surface area contributed by atoms with Crippen LogP contribution in [0.15, 0.2) is 35.2 Å². The smallest absolute Gasteiger partial charge is 0.255 e. The Morgan fingerprint density at radius 3 is 2.24 bits per heavy atom. The molecule has 1 amide bonds. The molecule has 0 unspecified atom stereocenters. The van der Waals surface area contributed by atoms with Crippen molar-refractivity contribution in [3.05, 3.63) is 57.6 Å². The van der Waals surface area contributed by atoms with Crippen LogP contribution in [-0.4, -0.2) is 32.7 Å². The van der Waals surface area contributed by atoms with E-state index in [0.29, 0.717) is 16.3 Å². The third-order valence-electron chi connectivity index (χ3n) is 3.88. The highest BCUT2D eigenvalue weighted by Gasteiger charge is 2.22. The van der Waals surface area contributed by atoms with Gasteiger partial charge in [0.05, 0.1) is 15.6 Å². The normalized spacial score (nSPS) is 11.6. The number of hydrogen-bond acceptors (Lipinski definition) is 3. The number of carbonyl (C=O) groups excluding carboxylic acids is 1. The van der Waals surface area contributed by atoms with E-state index in [2.05, 4.69) is 5.32 Å². The Morgan fingerprint density at radius 2 is 1.68 bits per heavy atom. The van der Waals surface area contributed by atoms with Crippen molar-refractivity contribution in [1.82, 2.24) is 4.31 Å². The van der Waals surface area contributed by atoms with E-state index in [-0.39, 0.29) is 10.5 Å². The highest BCUT2D eigenvalue weighted by molar-refractivity contribution is 7.89. The molecule has 0 spiro atoms. The average Bonchev–Trinajstić information content (AvgIpc) is 2.50. The van der Waals surface area contributed by atoms with E-state index in [9.17, 15) is 13.2 Å². The van der Waals surface area contributed by atoms with Gasteiger partial charge in [-0.05, 0) is 55.7 Å². The fourth-order valence-electron chi connectivity index (χ4n) is 2.48. The lowest BCUT2D eigenvalue weighted by Crippen LogP contribution is -2.23. The van der Waals surface area contributed by atoms with E-state index >= 15 is 0 Å². The summed E-state index contributed by atoms with van der Waals surface area (Å²) in [6.45, 7) is 5.47. The first-order chi connectivity index (χ1) is 11.5. The zero-order valence-electron chi connectivity index (χ0n) is 14.8. The van der Waals surface area contributed by atoms with Crippen molar-refractivity contribution in [1.29, 1.82) is 0 Å². The van der Waals surface area contributed by atoms with Crippen LogP contribution in [0.5, 0.6) is 0 Å². The minimum Gasteiger partial charge on any atom is -0.320 e. The van der Waals surface area contributed by atoms with Crippen LogP contribution in [0, 0.1) is 20.8 Å². The second-order valence-electron chi connectivity index (χ2n) is 6.16. The topological polar surface area (TPSA) is 66.5 Å². The van der Waals surface area contributed by atoms with Crippen LogP contribution in [0.3, 0.4) is 0 Å². The number of amides is 1. The van der Waals surface area contributed by atoms with Crippen molar-refractivity contribution in [2.45, 2.75) is 25.7 Å². The lowest BCUT2D eigenvalue weighted by Gasteiger charge is -2.15. The van der Waals surface area contributed by atoms with Crippen LogP contribution in [0.1, 0.15) is 27.0 Å². The molecule has 0 aliphatic rings. The monoisotopic (exact) mass is 380 g/mol. The highest BCUT2D eigenvalue weighted by Crippen LogP contribution is 2.28. The molecule has 2 aromatic carbocycles. The van der Waals surface area contributed by atoms with Gasteiger partial charge < -0.3 is 5.32 Å². The van der Waals surface area contributed by atoms with Gasteiger partial charge in [0.2, 0.25) is 10.0 Å². The predicted octanol–water partition coefficient (Wildman–Crippen LogP) is 3.77. The molecule has 0 aliphatic carbocycles. The molecule has 0 aromatic heterocycles. The Hall–Kier alpha value is -1.89. The van der Waals surface area contributed by atoms with Gasteiger partial charge in [0.1, 0.15) is 0 Å². The first kappa shape index (κ1) is 19.4. The summed E-state index contributed by atoms with van der Waals surface area (Å²) in [6.07, 6.45) is 0. The molecule has 0 bridgehead atoms. The Morgan fingerprint density at radius 1 is 1.04 bits per heavy atom. The van der Waals surface area contributed by atoms with Crippen molar-refractivity contribution < 1.29 is 13.2 Å². The number of benzene rings is 2. The summed E-state index contributed by atoms with van der Waals surface area (Å²) in [7, 11) is -0.721. The van der Waals surface area contributed by atoms with Gasteiger partial charge in [-0.2, -0.15) is 0 Å². The quantitative estimate of drug-likeness (QED) is 0.877. The summed E-state index contributed by atoms with van der Waals surface area (Å²) in [5, 5.41) is 3.21. The lowest BCUT2D eigenvalue weighted by atomic mass is 10.1. The van der Waals surface area contributed by atoms with Gasteiger partial charge in [0, 0.05) is 19.7 Å². The standard InChI is InChI=1S/C18H21ClN2O3S/c1-11-8-13(3)17(15(19)9-11)20-18(22)14-7-6-12(2)16(10-14)25(23,24)21(4)5/h6-10H,1-5H3,(H,20,22). The van der Waals surface area contributed by atoms with Crippen LogP contribution in [0.4, 0.5) is 5.69 Å². The van der Waals surface area contributed by atoms with E-state index in [1.54, 1.807) is 25.1 Å². The van der Waals surface area contributed by atoms with Crippen LogP contribution < -0.4 is 5.32 Å². The van der Waals surface area contributed by atoms with Crippen LogP contribution >= 0.6 is 11.6 Å². The van der Waals surface area contributed by atoms with E-state index < -0.39 is 15.9 Å². The fraction of sp³-hybridized carbons (Fsp3) is 0.278. The molecule has 7 heteroatoms. The van der Waals surface area contributed by atoms with Gasteiger partial charge in [0.15, 0.2) is 0 Å². The van der Waals surface area contributed by atoms with E-state index in [0.717, 1.165) is 15.4 Å². The molecule has 0 radical (unpaired) electrons. The summed E-state index contributed by atoms with van der Waals surface area (Å²) in [5.41, 5.74) is 3.19. The number of anilines is 1. The Bertz CT molecular complexity index is 914. The molecule has 2 rings (SSSR count). The van der Waals surface area contributed by atoms with Gasteiger partial charge in [-0.15, -0.1) is 0 Å². The molecule has 0 saturated heterocycles. The second-order valence-corrected chi connectivity index (χ2v) is 8.69. The number of carbonyl (C=O) groups is 1. The van der Waals surface area contributed by atoms with Crippen molar-refractivity contribution in [2.24, 2.45) is 0 Å². The number of nitrogens with zero attached hydrogens (tertiary/aromatic N) is 1. The lowest BCUT2D eigenvalue weighted by molar-refractivity contribution is 0.102. The molecular formula is C18H21ClN2O3S. The number of sulfonamides is 1. The molecule has 2 aromatic rings. The van der Waals surface area contributed by atoms with Gasteiger partial charge in [-0.25, -0.2) is 12.7 Å². The minimum absolute atomic E-state index is 0.108. The maximum Gasteiger partial charge on any atom is 0.255 e. The molecule has 0 fully saturated rings. The number of halogens is 1. The molecule has 0 atom stereocenters. The highest BCUT2D eigenvalue weighted by atomic mass is 35.5. The number of aryl methyl sites for hydroxylation is 3. The van der Waals surface area contributed by atoms with Crippen molar-refractivity contribution >= 4 is 33.2 Å². The van der Waals surface area contributed by atoms with Crippen molar-refractivity contribution in [2.75, 3.05) is 19.4 Å².